The zero-order chi connectivity index (χ0) is 19.1. The topological polar surface area (TPSA) is 96.9 Å². The van der Waals surface area contributed by atoms with Crippen LogP contribution >= 0.6 is 15.9 Å². The average molecular weight is 418 g/mol. The SMILES string of the molecule is COC(=O)c1ccc(/C=N/NC(=O)C(=O)Nc2ccc(Br)cc2C)cc1. The van der Waals surface area contributed by atoms with Crippen LogP contribution in [0, 0.1) is 6.92 Å². The molecule has 2 amide bonds. The number of carbonyl (C=O) groups excluding carboxylic acids is 3. The third-order valence-corrected chi connectivity index (χ3v) is 3.85. The van der Waals surface area contributed by atoms with E-state index in [4.69, 9.17) is 0 Å². The van der Waals surface area contributed by atoms with E-state index in [2.05, 4.69) is 36.5 Å². The van der Waals surface area contributed by atoms with E-state index in [1.807, 2.05) is 13.0 Å². The zero-order valence-corrected chi connectivity index (χ0v) is 15.7. The van der Waals surface area contributed by atoms with Crippen LogP contribution in [0.3, 0.4) is 0 Å². The van der Waals surface area contributed by atoms with Crippen LogP contribution in [0.15, 0.2) is 52.0 Å². The molecule has 0 aliphatic carbocycles. The molecule has 0 fully saturated rings. The third-order valence-electron chi connectivity index (χ3n) is 3.35. The van der Waals surface area contributed by atoms with Crippen molar-refractivity contribution in [3.63, 3.8) is 0 Å². The molecule has 0 aromatic heterocycles. The molecule has 0 unspecified atom stereocenters. The van der Waals surface area contributed by atoms with Gasteiger partial charge >= 0.3 is 17.8 Å². The maximum Gasteiger partial charge on any atom is 0.337 e. The molecule has 0 radical (unpaired) electrons. The molecule has 0 aliphatic rings. The summed E-state index contributed by atoms with van der Waals surface area (Å²) in [6.07, 6.45) is 1.36. The summed E-state index contributed by atoms with van der Waals surface area (Å²) in [6.45, 7) is 1.81. The number of hydrogen-bond acceptors (Lipinski definition) is 5. The van der Waals surface area contributed by atoms with Gasteiger partial charge in [-0.25, -0.2) is 10.2 Å². The molecule has 2 aromatic carbocycles. The Morgan fingerprint density at radius 3 is 2.38 bits per heavy atom. The van der Waals surface area contributed by atoms with Crippen molar-refractivity contribution in [3.05, 3.63) is 63.6 Å². The smallest absolute Gasteiger partial charge is 0.337 e. The van der Waals surface area contributed by atoms with E-state index in [9.17, 15) is 14.4 Å². The Bertz CT molecular complexity index is 863. The molecule has 0 saturated heterocycles. The molecule has 0 bridgehead atoms. The number of methoxy groups -OCH3 is 1. The second-order valence-corrected chi connectivity index (χ2v) is 6.14. The first-order chi connectivity index (χ1) is 12.4. The van der Waals surface area contributed by atoms with Gasteiger partial charge in [-0.2, -0.15) is 5.10 Å². The molecule has 2 aromatic rings. The lowest BCUT2D eigenvalue weighted by molar-refractivity contribution is -0.136. The summed E-state index contributed by atoms with van der Waals surface area (Å²) in [7, 11) is 1.30. The molecular weight excluding hydrogens is 402 g/mol. The number of hydrazone groups is 1. The molecule has 7 nitrogen and oxygen atoms in total. The lowest BCUT2D eigenvalue weighted by Crippen LogP contribution is -2.32. The Kier molecular flexibility index (Phi) is 6.62. The van der Waals surface area contributed by atoms with Crippen LogP contribution in [0.25, 0.3) is 0 Å². The first-order valence-corrected chi connectivity index (χ1v) is 8.29. The van der Waals surface area contributed by atoms with Gasteiger partial charge < -0.3 is 10.1 Å². The van der Waals surface area contributed by atoms with E-state index < -0.39 is 17.8 Å². The maximum atomic E-state index is 11.9. The lowest BCUT2D eigenvalue weighted by atomic mass is 10.1. The van der Waals surface area contributed by atoms with Gasteiger partial charge in [0.2, 0.25) is 0 Å². The van der Waals surface area contributed by atoms with E-state index >= 15 is 0 Å². The van der Waals surface area contributed by atoms with Gasteiger partial charge in [-0.3, -0.25) is 9.59 Å². The number of amides is 2. The maximum absolute atomic E-state index is 11.9. The van der Waals surface area contributed by atoms with Gasteiger partial charge in [0.15, 0.2) is 0 Å². The quantitative estimate of drug-likeness (QED) is 0.345. The fourth-order valence-electron chi connectivity index (χ4n) is 1.99. The molecule has 2 N–H and O–H groups in total. The Labute approximate surface area is 158 Å². The van der Waals surface area contributed by atoms with Gasteiger partial charge in [-0.1, -0.05) is 28.1 Å². The molecule has 0 saturated carbocycles. The van der Waals surface area contributed by atoms with E-state index in [0.29, 0.717) is 16.8 Å². The highest BCUT2D eigenvalue weighted by molar-refractivity contribution is 9.10. The number of aryl methyl sites for hydroxylation is 1. The van der Waals surface area contributed by atoms with Gasteiger partial charge in [0.05, 0.1) is 18.9 Å². The number of halogens is 1. The van der Waals surface area contributed by atoms with E-state index in [-0.39, 0.29) is 0 Å². The number of rotatable bonds is 4. The molecule has 2 rings (SSSR count). The Morgan fingerprint density at radius 1 is 1.08 bits per heavy atom. The van der Waals surface area contributed by atoms with Crippen molar-refractivity contribution in [1.29, 1.82) is 0 Å². The van der Waals surface area contributed by atoms with Crippen molar-refractivity contribution in [2.24, 2.45) is 5.10 Å². The third kappa shape index (κ3) is 5.25. The number of anilines is 1. The lowest BCUT2D eigenvalue weighted by Gasteiger charge is -2.07. The van der Waals surface area contributed by atoms with Crippen LogP contribution < -0.4 is 10.7 Å². The summed E-state index contributed by atoms with van der Waals surface area (Å²) in [5.41, 5.74) is 4.54. The molecule has 0 heterocycles. The van der Waals surface area contributed by atoms with Crippen LogP contribution in [0.1, 0.15) is 21.5 Å². The predicted molar refractivity (Wildman–Crippen MR) is 101 cm³/mol. The standard InChI is InChI=1S/C18H16BrN3O4/c1-11-9-14(19)7-8-15(11)21-16(23)17(24)22-20-10-12-3-5-13(6-4-12)18(25)26-2/h3-10H,1-2H3,(H,21,23)(H,22,24)/b20-10+. The summed E-state index contributed by atoms with van der Waals surface area (Å²) in [5.74, 6) is -2.16. The molecule has 0 atom stereocenters. The number of hydrogen-bond donors (Lipinski definition) is 2. The van der Waals surface area contributed by atoms with Gasteiger partial charge in [-0.15, -0.1) is 0 Å². The number of esters is 1. The van der Waals surface area contributed by atoms with Crippen molar-refractivity contribution < 1.29 is 19.1 Å². The summed E-state index contributed by atoms with van der Waals surface area (Å²) in [6, 6.07) is 11.7. The van der Waals surface area contributed by atoms with E-state index in [0.717, 1.165) is 10.0 Å². The highest BCUT2D eigenvalue weighted by Gasteiger charge is 2.14. The molecule has 26 heavy (non-hydrogen) atoms. The number of carbonyl (C=O) groups is 3. The predicted octanol–water partition coefficient (Wildman–Crippen LogP) is 2.63. The minimum Gasteiger partial charge on any atom is -0.465 e. The Balaban J connectivity index is 1.91. The minimum atomic E-state index is -0.894. The number of nitrogens with one attached hydrogen (secondary N) is 2. The monoisotopic (exact) mass is 417 g/mol. The molecular formula is C18H16BrN3O4. The van der Waals surface area contributed by atoms with Crippen molar-refractivity contribution in [2.75, 3.05) is 12.4 Å². The van der Waals surface area contributed by atoms with Crippen molar-refractivity contribution >= 4 is 45.6 Å². The minimum absolute atomic E-state index is 0.401. The number of nitrogens with zero attached hydrogens (tertiary/aromatic N) is 1. The van der Waals surface area contributed by atoms with Crippen LogP contribution in [0.5, 0.6) is 0 Å². The van der Waals surface area contributed by atoms with Crippen LogP contribution in [0.4, 0.5) is 5.69 Å². The summed E-state index contributed by atoms with van der Waals surface area (Å²) < 4.78 is 5.48. The zero-order valence-electron chi connectivity index (χ0n) is 14.1. The van der Waals surface area contributed by atoms with E-state index in [1.54, 1.807) is 36.4 Å². The fourth-order valence-corrected chi connectivity index (χ4v) is 2.46. The van der Waals surface area contributed by atoms with Crippen LogP contribution in [-0.2, 0) is 14.3 Å². The second kappa shape index (κ2) is 8.91. The van der Waals surface area contributed by atoms with Crippen molar-refractivity contribution in [1.82, 2.24) is 5.43 Å². The van der Waals surface area contributed by atoms with Gasteiger partial charge in [0, 0.05) is 10.2 Å². The van der Waals surface area contributed by atoms with Gasteiger partial charge in [0.25, 0.3) is 0 Å². The van der Waals surface area contributed by atoms with Crippen molar-refractivity contribution in [3.8, 4) is 0 Å². The second-order valence-electron chi connectivity index (χ2n) is 5.23. The molecule has 0 aliphatic heterocycles. The molecule has 0 spiro atoms. The average Bonchev–Trinajstić information content (AvgIpc) is 2.63. The van der Waals surface area contributed by atoms with E-state index in [1.165, 1.54) is 13.3 Å². The van der Waals surface area contributed by atoms with Gasteiger partial charge in [-0.05, 0) is 48.4 Å². The number of ether oxygens (including phenoxy) is 1. The van der Waals surface area contributed by atoms with Crippen molar-refractivity contribution in [2.45, 2.75) is 6.92 Å². The van der Waals surface area contributed by atoms with Gasteiger partial charge in [0.1, 0.15) is 0 Å². The Morgan fingerprint density at radius 2 is 1.77 bits per heavy atom. The first kappa shape index (κ1) is 19.3. The highest BCUT2D eigenvalue weighted by Crippen LogP contribution is 2.19. The highest BCUT2D eigenvalue weighted by atomic mass is 79.9. The summed E-state index contributed by atoms with van der Waals surface area (Å²) in [5, 5.41) is 6.24. The summed E-state index contributed by atoms with van der Waals surface area (Å²) in [4.78, 5) is 35.0. The first-order valence-electron chi connectivity index (χ1n) is 7.49. The van der Waals surface area contributed by atoms with Crippen LogP contribution in [0.2, 0.25) is 0 Å². The molecule has 8 heteroatoms. The Hall–Kier alpha value is -3.00. The number of benzene rings is 2. The normalized spacial score (nSPS) is 10.4. The molecule has 134 valence electrons. The fraction of sp³-hybridized carbons (Fsp3) is 0.111. The largest absolute Gasteiger partial charge is 0.465 e. The van der Waals surface area contributed by atoms with Crippen LogP contribution in [-0.4, -0.2) is 31.1 Å². The summed E-state index contributed by atoms with van der Waals surface area (Å²) >= 11 is 3.33.